The highest BCUT2D eigenvalue weighted by Gasteiger charge is 2.32. The number of nitrogens with one attached hydrogen (secondary N) is 1. The monoisotopic (exact) mass is 269 g/mol. The first kappa shape index (κ1) is 13.5. The maximum atomic E-state index is 11.4. The average molecular weight is 269 g/mol. The molecule has 0 saturated heterocycles. The third-order valence-electron chi connectivity index (χ3n) is 3.50. The summed E-state index contributed by atoms with van der Waals surface area (Å²) >= 11 is 0. The Morgan fingerprint density at radius 3 is 2.67 bits per heavy atom. The Hall–Kier alpha value is -0.910. The summed E-state index contributed by atoms with van der Waals surface area (Å²) in [4.78, 5) is 0. The van der Waals surface area contributed by atoms with Crippen molar-refractivity contribution in [3.63, 3.8) is 0 Å². The zero-order chi connectivity index (χ0) is 13.2. The number of rotatable bonds is 4. The molecular weight excluding hydrogens is 250 g/mol. The third kappa shape index (κ3) is 3.10. The van der Waals surface area contributed by atoms with Crippen molar-refractivity contribution in [1.82, 2.24) is 4.72 Å². The summed E-state index contributed by atoms with van der Waals surface area (Å²) in [6.07, 6.45) is 1.90. The van der Waals surface area contributed by atoms with Crippen LogP contribution in [-0.2, 0) is 22.9 Å². The Kier molecular flexibility index (Phi) is 3.75. The van der Waals surface area contributed by atoms with Crippen LogP contribution < -0.4 is 4.72 Å². The molecule has 1 unspecified atom stereocenters. The standard InChI is InChI=1S/C13H19NO3S/c1-2-18(16,17)14-10-13(15)8-7-11-5-3-4-6-12(11)9-13/h3-6,14-15H,2,7-10H2,1H3. The van der Waals surface area contributed by atoms with Gasteiger partial charge >= 0.3 is 0 Å². The number of aliphatic hydroxyl groups is 1. The molecule has 2 rings (SSSR count). The number of aryl methyl sites for hydroxylation is 1. The number of benzene rings is 1. The van der Waals surface area contributed by atoms with Gasteiger partial charge in [0.1, 0.15) is 0 Å². The van der Waals surface area contributed by atoms with Crippen LogP contribution in [0.4, 0.5) is 0 Å². The molecule has 0 aromatic heterocycles. The quantitative estimate of drug-likeness (QED) is 0.851. The van der Waals surface area contributed by atoms with Crippen molar-refractivity contribution in [3.8, 4) is 0 Å². The van der Waals surface area contributed by atoms with Gasteiger partial charge in [0.2, 0.25) is 10.0 Å². The van der Waals surface area contributed by atoms with Gasteiger partial charge in [-0.3, -0.25) is 0 Å². The predicted molar refractivity (Wildman–Crippen MR) is 70.9 cm³/mol. The molecule has 0 radical (unpaired) electrons. The molecule has 0 spiro atoms. The van der Waals surface area contributed by atoms with E-state index in [1.165, 1.54) is 5.56 Å². The van der Waals surface area contributed by atoms with Gasteiger partial charge in [-0.1, -0.05) is 24.3 Å². The maximum absolute atomic E-state index is 11.4. The second-order valence-corrected chi connectivity index (χ2v) is 6.99. The van der Waals surface area contributed by atoms with Crippen molar-refractivity contribution in [3.05, 3.63) is 35.4 Å². The van der Waals surface area contributed by atoms with Gasteiger partial charge in [0.05, 0.1) is 11.4 Å². The Balaban J connectivity index is 2.07. The summed E-state index contributed by atoms with van der Waals surface area (Å²) in [5, 5.41) is 10.4. The molecule has 0 amide bonds. The van der Waals surface area contributed by atoms with Gasteiger partial charge in [-0.15, -0.1) is 0 Å². The minimum atomic E-state index is -3.24. The number of hydrogen-bond acceptors (Lipinski definition) is 3. The largest absolute Gasteiger partial charge is 0.388 e. The first-order chi connectivity index (χ1) is 8.44. The molecule has 1 aliphatic rings. The lowest BCUT2D eigenvalue weighted by atomic mass is 9.80. The lowest BCUT2D eigenvalue weighted by molar-refractivity contribution is 0.0317. The minimum absolute atomic E-state index is 0.0413. The molecule has 5 heteroatoms. The highest BCUT2D eigenvalue weighted by Crippen LogP contribution is 2.28. The third-order valence-corrected chi connectivity index (χ3v) is 4.84. The van der Waals surface area contributed by atoms with Crippen LogP contribution in [0.1, 0.15) is 24.5 Å². The van der Waals surface area contributed by atoms with E-state index >= 15 is 0 Å². The molecule has 100 valence electrons. The second-order valence-electron chi connectivity index (χ2n) is 4.89. The predicted octanol–water partition coefficient (Wildman–Crippen LogP) is 0.846. The van der Waals surface area contributed by atoms with Gasteiger partial charge < -0.3 is 5.11 Å². The van der Waals surface area contributed by atoms with Crippen molar-refractivity contribution < 1.29 is 13.5 Å². The molecule has 18 heavy (non-hydrogen) atoms. The van der Waals surface area contributed by atoms with Crippen molar-refractivity contribution in [2.75, 3.05) is 12.3 Å². The maximum Gasteiger partial charge on any atom is 0.211 e. The summed E-state index contributed by atoms with van der Waals surface area (Å²) in [7, 11) is -3.24. The molecule has 0 fully saturated rings. The SMILES string of the molecule is CCS(=O)(=O)NCC1(O)CCc2ccccc2C1. The fourth-order valence-corrected chi connectivity index (χ4v) is 2.97. The number of sulfonamides is 1. The Bertz CT molecular complexity index is 527. The highest BCUT2D eigenvalue weighted by molar-refractivity contribution is 7.89. The van der Waals surface area contributed by atoms with Crippen LogP contribution in [-0.4, -0.2) is 31.4 Å². The van der Waals surface area contributed by atoms with Crippen LogP contribution in [0.2, 0.25) is 0 Å². The van der Waals surface area contributed by atoms with Gasteiger partial charge in [0.15, 0.2) is 0 Å². The topological polar surface area (TPSA) is 66.4 Å². The van der Waals surface area contributed by atoms with E-state index < -0.39 is 15.6 Å². The van der Waals surface area contributed by atoms with E-state index in [2.05, 4.69) is 10.8 Å². The second kappa shape index (κ2) is 4.99. The van der Waals surface area contributed by atoms with E-state index in [9.17, 15) is 13.5 Å². The lowest BCUT2D eigenvalue weighted by Gasteiger charge is -2.33. The highest BCUT2D eigenvalue weighted by atomic mass is 32.2. The normalized spacial score (nSPS) is 23.7. The summed E-state index contributed by atoms with van der Waals surface area (Å²) in [5.74, 6) is 0.0413. The van der Waals surface area contributed by atoms with Crippen LogP contribution in [0.5, 0.6) is 0 Å². The van der Waals surface area contributed by atoms with Crippen LogP contribution in [0.3, 0.4) is 0 Å². The molecule has 2 N–H and O–H groups in total. The van der Waals surface area contributed by atoms with E-state index in [1.807, 2.05) is 18.2 Å². The first-order valence-electron chi connectivity index (χ1n) is 6.21. The molecule has 4 nitrogen and oxygen atoms in total. The van der Waals surface area contributed by atoms with Crippen LogP contribution in [0.15, 0.2) is 24.3 Å². The molecule has 1 aromatic rings. The summed E-state index contributed by atoms with van der Waals surface area (Å²) in [5.41, 5.74) is 1.40. The van der Waals surface area contributed by atoms with Crippen molar-refractivity contribution in [2.24, 2.45) is 0 Å². The van der Waals surface area contributed by atoms with Gasteiger partial charge in [0.25, 0.3) is 0 Å². The van der Waals surface area contributed by atoms with E-state index in [4.69, 9.17) is 0 Å². The summed E-state index contributed by atoms with van der Waals surface area (Å²) in [6.45, 7) is 1.68. The fourth-order valence-electron chi connectivity index (χ4n) is 2.28. The molecular formula is C13H19NO3S. The van der Waals surface area contributed by atoms with Gasteiger partial charge in [-0.2, -0.15) is 0 Å². The summed E-state index contributed by atoms with van der Waals surface area (Å²) in [6, 6.07) is 7.99. The Morgan fingerprint density at radius 2 is 2.00 bits per heavy atom. The Labute approximate surface area is 108 Å². The first-order valence-corrected chi connectivity index (χ1v) is 7.86. The Morgan fingerprint density at radius 1 is 1.33 bits per heavy atom. The van der Waals surface area contributed by atoms with Crippen LogP contribution >= 0.6 is 0 Å². The molecule has 0 aliphatic heterocycles. The van der Waals surface area contributed by atoms with Crippen LogP contribution in [0, 0.1) is 0 Å². The van der Waals surface area contributed by atoms with Gasteiger partial charge in [0, 0.05) is 13.0 Å². The molecule has 0 saturated carbocycles. The minimum Gasteiger partial charge on any atom is -0.388 e. The van der Waals surface area contributed by atoms with Crippen molar-refractivity contribution in [2.45, 2.75) is 31.8 Å². The van der Waals surface area contributed by atoms with Gasteiger partial charge in [-0.25, -0.2) is 13.1 Å². The molecule has 0 heterocycles. The average Bonchev–Trinajstić information content (AvgIpc) is 2.37. The molecule has 0 bridgehead atoms. The fraction of sp³-hybridized carbons (Fsp3) is 0.538. The van der Waals surface area contributed by atoms with Crippen molar-refractivity contribution in [1.29, 1.82) is 0 Å². The molecule has 1 aliphatic carbocycles. The number of hydrogen-bond donors (Lipinski definition) is 2. The van der Waals surface area contributed by atoms with Crippen molar-refractivity contribution >= 4 is 10.0 Å². The van der Waals surface area contributed by atoms with E-state index in [0.717, 1.165) is 12.0 Å². The summed E-state index contributed by atoms with van der Waals surface area (Å²) < 4.78 is 25.3. The molecule has 1 aromatic carbocycles. The van der Waals surface area contributed by atoms with Gasteiger partial charge in [-0.05, 0) is 30.9 Å². The number of fused-ring (bicyclic) bond motifs is 1. The zero-order valence-electron chi connectivity index (χ0n) is 10.5. The van der Waals surface area contributed by atoms with Crippen LogP contribution in [0.25, 0.3) is 0 Å². The van der Waals surface area contributed by atoms with E-state index in [1.54, 1.807) is 6.92 Å². The lowest BCUT2D eigenvalue weighted by Crippen LogP contribution is -2.47. The molecule has 1 atom stereocenters. The smallest absolute Gasteiger partial charge is 0.211 e. The van der Waals surface area contributed by atoms with E-state index in [-0.39, 0.29) is 12.3 Å². The van der Waals surface area contributed by atoms with E-state index in [0.29, 0.717) is 12.8 Å². The zero-order valence-corrected chi connectivity index (χ0v) is 11.3.